The Morgan fingerprint density at radius 3 is 2.69 bits per heavy atom. The second-order valence-electron chi connectivity index (χ2n) is 7.48. The molecule has 0 radical (unpaired) electrons. The fourth-order valence-corrected chi connectivity index (χ4v) is 4.02. The number of amides is 1. The van der Waals surface area contributed by atoms with E-state index in [1.54, 1.807) is 30.7 Å². The molecule has 0 N–H and O–H groups in total. The van der Waals surface area contributed by atoms with Crippen molar-refractivity contribution in [2.45, 2.75) is 39.3 Å². The highest BCUT2D eigenvalue weighted by Crippen LogP contribution is 2.34. The van der Waals surface area contributed by atoms with Crippen LogP contribution < -0.4 is 0 Å². The van der Waals surface area contributed by atoms with Gasteiger partial charge < -0.3 is 9.32 Å². The molecule has 2 aromatic heterocycles. The highest BCUT2D eigenvalue weighted by atomic mass is 16.3. The molecule has 0 saturated heterocycles. The fraction of sp³-hybridized carbons (Fsp3) is 0.409. The molecule has 1 aromatic carbocycles. The molecule has 1 aliphatic heterocycles. The third kappa shape index (κ3) is 3.58. The Morgan fingerprint density at radius 2 is 1.93 bits per heavy atom. The Hall–Kier alpha value is -2.93. The molecule has 152 valence electrons. The minimum Gasteiger partial charge on any atom is -0.446 e. The van der Waals surface area contributed by atoms with Gasteiger partial charge in [-0.3, -0.25) is 14.3 Å². The zero-order valence-electron chi connectivity index (χ0n) is 17.2. The van der Waals surface area contributed by atoms with Crippen molar-refractivity contribution in [1.29, 1.82) is 0 Å². The Balaban J connectivity index is 1.69. The highest BCUT2D eigenvalue weighted by molar-refractivity contribution is 5.98. The molecule has 1 amide bonds. The van der Waals surface area contributed by atoms with Crippen molar-refractivity contribution in [2.24, 2.45) is 0 Å². The largest absolute Gasteiger partial charge is 0.446 e. The third-order valence-corrected chi connectivity index (χ3v) is 5.32. The predicted molar refractivity (Wildman–Crippen MR) is 110 cm³/mol. The van der Waals surface area contributed by atoms with Gasteiger partial charge in [0.05, 0.1) is 35.2 Å². The summed E-state index contributed by atoms with van der Waals surface area (Å²) in [5, 5.41) is 0. The van der Waals surface area contributed by atoms with Crippen LogP contribution in [0.15, 0.2) is 47.5 Å². The minimum absolute atomic E-state index is 0.0624. The zero-order valence-corrected chi connectivity index (χ0v) is 17.2. The molecule has 3 aromatic rings. The van der Waals surface area contributed by atoms with Gasteiger partial charge in [-0.25, -0.2) is 9.97 Å². The van der Waals surface area contributed by atoms with Crippen LogP contribution in [-0.2, 0) is 6.54 Å². The number of hydrogen-bond donors (Lipinski definition) is 0. The second-order valence-corrected chi connectivity index (χ2v) is 7.48. The van der Waals surface area contributed by atoms with Gasteiger partial charge in [0.1, 0.15) is 6.26 Å². The van der Waals surface area contributed by atoms with Crippen LogP contribution in [0, 0.1) is 0 Å². The topological polar surface area (TPSA) is 67.4 Å². The Morgan fingerprint density at radius 1 is 1.17 bits per heavy atom. The van der Waals surface area contributed by atoms with Crippen LogP contribution in [-0.4, -0.2) is 50.4 Å². The smallest absolute Gasteiger partial charge is 0.256 e. The number of aromatic nitrogens is 3. The number of imidazole rings is 1. The van der Waals surface area contributed by atoms with Crippen molar-refractivity contribution >= 4 is 5.91 Å². The summed E-state index contributed by atoms with van der Waals surface area (Å²) in [6.07, 6.45) is 7.43. The van der Waals surface area contributed by atoms with Crippen molar-refractivity contribution in [1.82, 2.24) is 24.3 Å². The van der Waals surface area contributed by atoms with Crippen molar-refractivity contribution in [3.8, 4) is 5.69 Å². The lowest BCUT2D eigenvalue weighted by atomic mass is 10.1. The van der Waals surface area contributed by atoms with E-state index in [0.717, 1.165) is 49.6 Å². The number of nitrogens with zero attached hydrogens (tertiary/aromatic N) is 5. The summed E-state index contributed by atoms with van der Waals surface area (Å²) in [6, 6.07) is 7.14. The normalized spacial score (nSPS) is 16.1. The van der Waals surface area contributed by atoms with E-state index in [1.807, 2.05) is 28.8 Å². The number of oxazole rings is 1. The highest BCUT2D eigenvalue weighted by Gasteiger charge is 2.35. The van der Waals surface area contributed by atoms with Gasteiger partial charge >= 0.3 is 0 Å². The van der Waals surface area contributed by atoms with Crippen LogP contribution in [0.25, 0.3) is 5.69 Å². The van der Waals surface area contributed by atoms with Gasteiger partial charge in [0.2, 0.25) is 5.89 Å². The summed E-state index contributed by atoms with van der Waals surface area (Å²) in [5.74, 6) is 0.450. The lowest BCUT2D eigenvalue weighted by molar-refractivity contribution is 0.0740. The van der Waals surface area contributed by atoms with Gasteiger partial charge in [0, 0.05) is 13.6 Å². The van der Waals surface area contributed by atoms with Crippen molar-refractivity contribution in [3.05, 3.63) is 65.9 Å². The van der Waals surface area contributed by atoms with Crippen LogP contribution in [0.2, 0.25) is 0 Å². The molecule has 4 rings (SSSR count). The van der Waals surface area contributed by atoms with Crippen LogP contribution in [0.3, 0.4) is 0 Å². The number of fused-ring (bicyclic) bond motifs is 3. The van der Waals surface area contributed by atoms with Crippen LogP contribution in [0.1, 0.15) is 60.4 Å². The minimum atomic E-state index is -0.433. The SMILES string of the molecule is CCCN(CCC)Cc1coc(C2c3cncn3-c3ccccc3C(=O)N2C)n1. The number of carbonyl (C=O) groups excluding carboxylic acids is 1. The monoisotopic (exact) mass is 393 g/mol. The number of carbonyl (C=O) groups is 1. The van der Waals surface area contributed by atoms with E-state index in [9.17, 15) is 4.79 Å². The van der Waals surface area contributed by atoms with Crippen LogP contribution in [0.5, 0.6) is 0 Å². The second kappa shape index (κ2) is 8.21. The van der Waals surface area contributed by atoms with Gasteiger partial charge in [-0.1, -0.05) is 26.0 Å². The standard InChI is InChI=1S/C22H27N5O2/c1-4-10-26(11-5-2)13-16-14-29-21(24-16)20-19-12-23-15-27(19)18-9-7-6-8-17(18)22(28)25(20)3/h6-9,12,14-15,20H,4-5,10-11,13H2,1-3H3. The van der Waals surface area contributed by atoms with Gasteiger partial charge in [0.15, 0.2) is 6.04 Å². The molecule has 7 nitrogen and oxygen atoms in total. The maximum Gasteiger partial charge on any atom is 0.256 e. The average Bonchev–Trinajstić information content (AvgIpc) is 3.36. The van der Waals surface area contributed by atoms with Gasteiger partial charge in [0.25, 0.3) is 5.91 Å². The van der Waals surface area contributed by atoms with Crippen LogP contribution in [0.4, 0.5) is 0 Å². The van der Waals surface area contributed by atoms with Crippen LogP contribution >= 0.6 is 0 Å². The lowest BCUT2D eigenvalue weighted by Crippen LogP contribution is -2.31. The molecule has 1 atom stereocenters. The van der Waals surface area contributed by atoms with Crippen molar-refractivity contribution < 1.29 is 9.21 Å². The summed E-state index contributed by atoms with van der Waals surface area (Å²) < 4.78 is 7.84. The van der Waals surface area contributed by atoms with E-state index in [1.165, 1.54) is 0 Å². The molecule has 29 heavy (non-hydrogen) atoms. The average molecular weight is 393 g/mol. The van der Waals surface area contributed by atoms with Crippen molar-refractivity contribution in [2.75, 3.05) is 20.1 Å². The van der Waals surface area contributed by atoms with Gasteiger partial charge in [-0.2, -0.15) is 0 Å². The van der Waals surface area contributed by atoms with E-state index in [0.29, 0.717) is 11.5 Å². The molecule has 0 bridgehead atoms. The Bertz CT molecular complexity index is 987. The molecule has 7 heteroatoms. The first-order valence-corrected chi connectivity index (χ1v) is 10.2. The summed E-state index contributed by atoms with van der Waals surface area (Å²) in [7, 11) is 1.79. The first-order chi connectivity index (χ1) is 14.1. The summed E-state index contributed by atoms with van der Waals surface area (Å²) in [6.45, 7) is 7.17. The predicted octanol–water partition coefficient (Wildman–Crippen LogP) is 3.66. The summed E-state index contributed by atoms with van der Waals surface area (Å²) >= 11 is 0. The first-order valence-electron chi connectivity index (χ1n) is 10.2. The first kappa shape index (κ1) is 19.4. The fourth-order valence-electron chi connectivity index (χ4n) is 4.02. The molecular weight excluding hydrogens is 366 g/mol. The van der Waals surface area contributed by atoms with E-state index in [-0.39, 0.29) is 5.91 Å². The summed E-state index contributed by atoms with van der Waals surface area (Å²) in [4.78, 5) is 26.3. The quantitative estimate of drug-likeness (QED) is 0.613. The number of benzene rings is 1. The molecule has 3 heterocycles. The molecule has 1 unspecified atom stereocenters. The maximum absolute atomic E-state index is 13.2. The van der Waals surface area contributed by atoms with Gasteiger partial charge in [-0.15, -0.1) is 0 Å². The Labute approximate surface area is 171 Å². The molecule has 0 spiro atoms. The molecule has 1 aliphatic rings. The van der Waals surface area contributed by atoms with E-state index < -0.39 is 6.04 Å². The molecular formula is C22H27N5O2. The summed E-state index contributed by atoms with van der Waals surface area (Å²) in [5.41, 5.74) is 3.21. The maximum atomic E-state index is 13.2. The van der Waals surface area contributed by atoms with E-state index in [4.69, 9.17) is 9.40 Å². The molecule has 0 fully saturated rings. The molecule has 0 saturated carbocycles. The van der Waals surface area contributed by atoms with Gasteiger partial charge in [-0.05, 0) is 38.1 Å². The number of rotatable bonds is 7. The number of hydrogen-bond acceptors (Lipinski definition) is 5. The third-order valence-electron chi connectivity index (χ3n) is 5.32. The van der Waals surface area contributed by atoms with E-state index >= 15 is 0 Å². The number of para-hydroxylation sites is 1. The zero-order chi connectivity index (χ0) is 20.4. The van der Waals surface area contributed by atoms with Crippen molar-refractivity contribution in [3.63, 3.8) is 0 Å². The molecule has 0 aliphatic carbocycles. The van der Waals surface area contributed by atoms with E-state index in [2.05, 4.69) is 23.7 Å². The Kier molecular flexibility index (Phi) is 5.49. The lowest BCUT2D eigenvalue weighted by Gasteiger charge is -2.23.